The molecular weight excluding hydrogens is 182 g/mol. The Bertz CT molecular complexity index is 112. The molecule has 0 saturated heterocycles. The van der Waals surface area contributed by atoms with Crippen LogP contribution < -0.4 is 5.32 Å². The molecule has 0 aromatic rings. The van der Waals surface area contributed by atoms with Crippen molar-refractivity contribution < 1.29 is 14.2 Å². The zero-order chi connectivity index (χ0) is 10.6. The van der Waals surface area contributed by atoms with E-state index in [0.29, 0.717) is 26.4 Å². The van der Waals surface area contributed by atoms with Gasteiger partial charge in [-0.3, -0.25) is 0 Å². The standard InChI is InChI=1S/C10H23NO3/c1-4-11-10(8-13-5-2)9-14-7-6-12-3/h10-11H,4-9H2,1-3H3. The monoisotopic (exact) mass is 205 g/mol. The van der Waals surface area contributed by atoms with Gasteiger partial charge in [0.05, 0.1) is 32.5 Å². The first-order valence-corrected chi connectivity index (χ1v) is 5.22. The first-order chi connectivity index (χ1) is 6.85. The molecule has 0 heterocycles. The van der Waals surface area contributed by atoms with Crippen LogP contribution in [0.3, 0.4) is 0 Å². The third-order valence-electron chi connectivity index (χ3n) is 1.77. The second kappa shape index (κ2) is 10.9. The Morgan fingerprint density at radius 2 is 1.79 bits per heavy atom. The van der Waals surface area contributed by atoms with Crippen molar-refractivity contribution in [2.45, 2.75) is 19.9 Å². The summed E-state index contributed by atoms with van der Waals surface area (Å²) in [5, 5.41) is 3.30. The zero-order valence-electron chi connectivity index (χ0n) is 9.54. The van der Waals surface area contributed by atoms with Crippen LogP contribution in [0, 0.1) is 0 Å². The molecule has 0 bridgehead atoms. The van der Waals surface area contributed by atoms with Gasteiger partial charge in [-0.2, -0.15) is 0 Å². The fourth-order valence-electron chi connectivity index (χ4n) is 1.08. The van der Waals surface area contributed by atoms with Crippen LogP contribution in [-0.2, 0) is 14.2 Å². The Morgan fingerprint density at radius 1 is 1.07 bits per heavy atom. The van der Waals surface area contributed by atoms with Crippen molar-refractivity contribution in [2.24, 2.45) is 0 Å². The van der Waals surface area contributed by atoms with Gasteiger partial charge < -0.3 is 19.5 Å². The van der Waals surface area contributed by atoms with E-state index < -0.39 is 0 Å². The third kappa shape index (κ3) is 8.44. The van der Waals surface area contributed by atoms with E-state index in [0.717, 1.165) is 13.2 Å². The van der Waals surface area contributed by atoms with Crippen LogP contribution in [0.4, 0.5) is 0 Å². The molecular formula is C10H23NO3. The Labute approximate surface area is 86.9 Å². The lowest BCUT2D eigenvalue weighted by atomic mass is 10.3. The van der Waals surface area contributed by atoms with Gasteiger partial charge in [-0.05, 0) is 13.5 Å². The molecule has 0 aliphatic carbocycles. The van der Waals surface area contributed by atoms with Crippen molar-refractivity contribution in [1.82, 2.24) is 5.32 Å². The van der Waals surface area contributed by atoms with E-state index in [9.17, 15) is 0 Å². The summed E-state index contributed by atoms with van der Waals surface area (Å²) in [6.45, 7) is 8.43. The molecule has 1 unspecified atom stereocenters. The van der Waals surface area contributed by atoms with Gasteiger partial charge in [0.1, 0.15) is 0 Å². The van der Waals surface area contributed by atoms with Crippen LogP contribution in [0.1, 0.15) is 13.8 Å². The summed E-state index contributed by atoms with van der Waals surface area (Å²) < 4.78 is 15.6. The highest BCUT2D eigenvalue weighted by atomic mass is 16.5. The highest BCUT2D eigenvalue weighted by Gasteiger charge is 2.06. The van der Waals surface area contributed by atoms with Crippen molar-refractivity contribution in [2.75, 3.05) is 46.7 Å². The van der Waals surface area contributed by atoms with Crippen LogP contribution in [-0.4, -0.2) is 52.7 Å². The number of rotatable bonds is 10. The molecule has 0 aliphatic rings. The maximum absolute atomic E-state index is 5.42. The predicted octanol–water partition coefficient (Wildman–Crippen LogP) is 0.664. The van der Waals surface area contributed by atoms with Gasteiger partial charge in [-0.15, -0.1) is 0 Å². The highest BCUT2D eigenvalue weighted by molar-refractivity contribution is 4.63. The lowest BCUT2D eigenvalue weighted by molar-refractivity contribution is 0.0352. The van der Waals surface area contributed by atoms with Crippen molar-refractivity contribution in [3.8, 4) is 0 Å². The normalized spacial score (nSPS) is 13.1. The Morgan fingerprint density at radius 3 is 2.36 bits per heavy atom. The average Bonchev–Trinajstić information content (AvgIpc) is 2.20. The van der Waals surface area contributed by atoms with Gasteiger partial charge in [0.2, 0.25) is 0 Å². The summed E-state index contributed by atoms with van der Waals surface area (Å²) in [6.07, 6.45) is 0. The molecule has 0 rings (SSSR count). The molecule has 1 atom stereocenters. The van der Waals surface area contributed by atoms with Gasteiger partial charge in [-0.1, -0.05) is 6.92 Å². The van der Waals surface area contributed by atoms with Gasteiger partial charge in [0.15, 0.2) is 0 Å². The second-order valence-electron chi connectivity index (χ2n) is 2.98. The summed E-state index contributed by atoms with van der Waals surface area (Å²) in [4.78, 5) is 0. The van der Waals surface area contributed by atoms with Crippen molar-refractivity contribution in [1.29, 1.82) is 0 Å². The molecule has 0 spiro atoms. The smallest absolute Gasteiger partial charge is 0.0701 e. The molecule has 1 N–H and O–H groups in total. The molecule has 0 amide bonds. The molecule has 86 valence electrons. The highest BCUT2D eigenvalue weighted by Crippen LogP contribution is 1.89. The molecule has 4 heteroatoms. The molecule has 0 radical (unpaired) electrons. The number of nitrogens with one attached hydrogen (secondary N) is 1. The summed E-state index contributed by atoms with van der Waals surface area (Å²) in [5.41, 5.74) is 0. The first kappa shape index (κ1) is 13.8. The average molecular weight is 205 g/mol. The number of methoxy groups -OCH3 is 1. The summed E-state index contributed by atoms with van der Waals surface area (Å²) >= 11 is 0. The van der Waals surface area contributed by atoms with Gasteiger partial charge in [-0.25, -0.2) is 0 Å². The quantitative estimate of drug-likeness (QED) is 0.532. The summed E-state index contributed by atoms with van der Waals surface area (Å²) in [7, 11) is 1.67. The first-order valence-electron chi connectivity index (χ1n) is 5.22. The van der Waals surface area contributed by atoms with E-state index in [1.165, 1.54) is 0 Å². The van der Waals surface area contributed by atoms with Crippen LogP contribution >= 0.6 is 0 Å². The lowest BCUT2D eigenvalue weighted by Crippen LogP contribution is -2.37. The number of ether oxygens (including phenoxy) is 3. The second-order valence-corrected chi connectivity index (χ2v) is 2.98. The molecule has 0 fully saturated rings. The molecule has 0 saturated carbocycles. The van der Waals surface area contributed by atoms with E-state index in [4.69, 9.17) is 14.2 Å². The fraction of sp³-hybridized carbons (Fsp3) is 1.00. The molecule has 0 aromatic carbocycles. The van der Waals surface area contributed by atoms with Crippen molar-refractivity contribution >= 4 is 0 Å². The van der Waals surface area contributed by atoms with Crippen LogP contribution in [0.2, 0.25) is 0 Å². The largest absolute Gasteiger partial charge is 0.382 e. The SMILES string of the molecule is CCNC(COCC)COCCOC. The molecule has 0 aromatic heterocycles. The van der Waals surface area contributed by atoms with E-state index in [1.807, 2.05) is 6.92 Å². The molecule has 4 nitrogen and oxygen atoms in total. The predicted molar refractivity (Wildman–Crippen MR) is 56.7 cm³/mol. The van der Waals surface area contributed by atoms with Gasteiger partial charge in [0.25, 0.3) is 0 Å². The van der Waals surface area contributed by atoms with Crippen LogP contribution in [0.5, 0.6) is 0 Å². The van der Waals surface area contributed by atoms with E-state index in [2.05, 4.69) is 12.2 Å². The van der Waals surface area contributed by atoms with Gasteiger partial charge in [0, 0.05) is 13.7 Å². The Kier molecular flexibility index (Phi) is 10.8. The topological polar surface area (TPSA) is 39.7 Å². The minimum Gasteiger partial charge on any atom is -0.382 e. The zero-order valence-corrected chi connectivity index (χ0v) is 9.54. The number of hydrogen-bond donors (Lipinski definition) is 1. The van der Waals surface area contributed by atoms with Gasteiger partial charge >= 0.3 is 0 Å². The maximum Gasteiger partial charge on any atom is 0.0701 e. The van der Waals surface area contributed by atoms with E-state index in [1.54, 1.807) is 7.11 Å². The Hall–Kier alpha value is -0.160. The van der Waals surface area contributed by atoms with E-state index in [-0.39, 0.29) is 6.04 Å². The minimum atomic E-state index is 0.289. The number of hydrogen-bond acceptors (Lipinski definition) is 4. The van der Waals surface area contributed by atoms with Crippen LogP contribution in [0.25, 0.3) is 0 Å². The number of likely N-dealkylation sites (N-methyl/N-ethyl adjacent to an activating group) is 1. The van der Waals surface area contributed by atoms with E-state index >= 15 is 0 Å². The fourth-order valence-corrected chi connectivity index (χ4v) is 1.08. The lowest BCUT2D eigenvalue weighted by Gasteiger charge is -2.17. The summed E-state index contributed by atoms with van der Waals surface area (Å²) in [5.74, 6) is 0. The van der Waals surface area contributed by atoms with Crippen molar-refractivity contribution in [3.63, 3.8) is 0 Å². The molecule has 0 aliphatic heterocycles. The van der Waals surface area contributed by atoms with Crippen LogP contribution in [0.15, 0.2) is 0 Å². The van der Waals surface area contributed by atoms with Crippen molar-refractivity contribution in [3.05, 3.63) is 0 Å². The maximum atomic E-state index is 5.42. The Balaban J connectivity index is 3.40. The minimum absolute atomic E-state index is 0.289. The summed E-state index contributed by atoms with van der Waals surface area (Å²) in [6, 6.07) is 0.289. The third-order valence-corrected chi connectivity index (χ3v) is 1.77. The molecule has 14 heavy (non-hydrogen) atoms.